The van der Waals surface area contributed by atoms with Gasteiger partial charge in [-0.25, -0.2) is 13.2 Å². The van der Waals surface area contributed by atoms with Crippen molar-refractivity contribution in [2.24, 2.45) is 0 Å². The molecule has 2 amide bonds. The van der Waals surface area contributed by atoms with Gasteiger partial charge in [-0.3, -0.25) is 0 Å². The van der Waals surface area contributed by atoms with Gasteiger partial charge in [-0.05, 0) is 31.2 Å². The van der Waals surface area contributed by atoms with Crippen molar-refractivity contribution in [2.75, 3.05) is 12.0 Å². The fraction of sp³-hybridized carbons (Fsp3) is 0.133. The van der Waals surface area contributed by atoms with Gasteiger partial charge in [-0.15, -0.1) is 0 Å². The van der Waals surface area contributed by atoms with Crippen molar-refractivity contribution in [2.45, 2.75) is 11.8 Å². The molecular weight excluding hydrogens is 302 g/mol. The van der Waals surface area contributed by atoms with E-state index in [0.29, 0.717) is 5.69 Å². The average Bonchev–Trinajstić information content (AvgIpc) is 2.50. The predicted octanol–water partition coefficient (Wildman–Crippen LogP) is 2.05. The summed E-state index contributed by atoms with van der Waals surface area (Å²) in [6, 6.07) is 14.7. The fourth-order valence-electron chi connectivity index (χ4n) is 1.71. The van der Waals surface area contributed by atoms with Gasteiger partial charge in [-0.1, -0.05) is 35.9 Å². The second-order valence-corrected chi connectivity index (χ2v) is 6.40. The first-order valence-corrected chi connectivity index (χ1v) is 8.12. The lowest BCUT2D eigenvalue weighted by molar-refractivity contribution is 0.252. The van der Waals surface area contributed by atoms with Gasteiger partial charge in [0.15, 0.2) is 0 Å². The van der Waals surface area contributed by atoms with E-state index in [1.807, 2.05) is 19.1 Å². The van der Waals surface area contributed by atoms with Crippen molar-refractivity contribution in [3.8, 4) is 0 Å². The van der Waals surface area contributed by atoms with Crippen molar-refractivity contribution in [1.82, 2.24) is 10.0 Å². The molecule has 0 aliphatic heterocycles. The number of rotatable bonds is 5. The van der Waals surface area contributed by atoms with Crippen LogP contribution in [0.4, 0.5) is 10.5 Å². The summed E-state index contributed by atoms with van der Waals surface area (Å²) < 4.78 is 26.2. The quantitative estimate of drug-likeness (QED) is 0.737. The molecule has 0 heterocycles. The van der Waals surface area contributed by atoms with Crippen LogP contribution in [0.1, 0.15) is 5.56 Å². The van der Waals surface area contributed by atoms with E-state index in [9.17, 15) is 13.2 Å². The lowest BCUT2D eigenvalue weighted by Gasteiger charge is -2.09. The van der Waals surface area contributed by atoms with E-state index >= 15 is 0 Å². The Morgan fingerprint density at radius 3 is 2.27 bits per heavy atom. The van der Waals surface area contributed by atoms with Gasteiger partial charge < -0.3 is 10.6 Å². The summed E-state index contributed by atoms with van der Waals surface area (Å²) in [6.07, 6.45) is 0. The van der Waals surface area contributed by atoms with Gasteiger partial charge >= 0.3 is 6.03 Å². The number of urea groups is 1. The van der Waals surface area contributed by atoms with Crippen molar-refractivity contribution in [1.29, 1.82) is 0 Å². The summed E-state index contributed by atoms with van der Waals surface area (Å²) in [7, 11) is -3.63. The molecule has 0 aliphatic rings. The van der Waals surface area contributed by atoms with Crippen LogP contribution in [0, 0.1) is 6.92 Å². The molecule has 0 aliphatic carbocycles. The van der Waals surface area contributed by atoms with Gasteiger partial charge in [0.2, 0.25) is 10.0 Å². The maximum absolute atomic E-state index is 11.9. The van der Waals surface area contributed by atoms with Gasteiger partial charge in [-0.2, -0.15) is 4.72 Å². The van der Waals surface area contributed by atoms with Gasteiger partial charge in [0, 0.05) is 5.69 Å². The summed E-state index contributed by atoms with van der Waals surface area (Å²) in [5.41, 5.74) is 1.72. The SMILES string of the molecule is Cc1ccc(NC(=O)NCNS(=O)(=O)c2ccccc2)cc1. The zero-order valence-corrected chi connectivity index (χ0v) is 12.9. The zero-order chi connectivity index (χ0) is 16.0. The smallest absolute Gasteiger partial charge is 0.320 e. The molecule has 2 aromatic rings. The van der Waals surface area contributed by atoms with E-state index in [4.69, 9.17) is 0 Å². The van der Waals surface area contributed by atoms with E-state index in [2.05, 4.69) is 15.4 Å². The lowest BCUT2D eigenvalue weighted by Crippen LogP contribution is -2.39. The Morgan fingerprint density at radius 1 is 1.00 bits per heavy atom. The molecule has 0 aromatic heterocycles. The maximum Gasteiger partial charge on any atom is 0.320 e. The molecule has 0 bridgehead atoms. The molecule has 0 spiro atoms. The summed E-state index contributed by atoms with van der Waals surface area (Å²) >= 11 is 0. The summed E-state index contributed by atoms with van der Waals surface area (Å²) in [5, 5.41) is 5.04. The Kier molecular flexibility index (Phi) is 5.13. The van der Waals surface area contributed by atoms with E-state index in [0.717, 1.165) is 5.56 Å². The largest absolute Gasteiger partial charge is 0.324 e. The third kappa shape index (κ3) is 4.57. The van der Waals surface area contributed by atoms with Crippen LogP contribution in [-0.2, 0) is 10.0 Å². The van der Waals surface area contributed by atoms with E-state index < -0.39 is 16.1 Å². The van der Waals surface area contributed by atoms with Crippen molar-refractivity contribution in [3.63, 3.8) is 0 Å². The normalized spacial score (nSPS) is 11.0. The Hall–Kier alpha value is -2.38. The number of benzene rings is 2. The molecule has 0 unspecified atom stereocenters. The van der Waals surface area contributed by atoms with E-state index in [1.165, 1.54) is 12.1 Å². The van der Waals surface area contributed by atoms with Crippen LogP contribution < -0.4 is 15.4 Å². The third-order valence-electron chi connectivity index (χ3n) is 2.87. The van der Waals surface area contributed by atoms with Crippen LogP contribution in [0.3, 0.4) is 0 Å². The van der Waals surface area contributed by atoms with Crippen LogP contribution in [0.15, 0.2) is 59.5 Å². The van der Waals surface area contributed by atoms with E-state index in [1.54, 1.807) is 30.3 Å². The summed E-state index contributed by atoms with van der Waals surface area (Å²) in [4.78, 5) is 11.8. The molecule has 6 nitrogen and oxygen atoms in total. The number of anilines is 1. The first-order valence-electron chi connectivity index (χ1n) is 6.63. The molecule has 2 aromatic carbocycles. The first-order chi connectivity index (χ1) is 10.5. The van der Waals surface area contributed by atoms with Crippen LogP contribution >= 0.6 is 0 Å². The van der Waals surface area contributed by atoms with Crippen molar-refractivity contribution < 1.29 is 13.2 Å². The highest BCUT2D eigenvalue weighted by Gasteiger charge is 2.12. The van der Waals surface area contributed by atoms with E-state index in [-0.39, 0.29) is 11.6 Å². The highest BCUT2D eigenvalue weighted by Crippen LogP contribution is 2.08. The van der Waals surface area contributed by atoms with Crippen LogP contribution in [0.25, 0.3) is 0 Å². The molecule has 0 atom stereocenters. The van der Waals surface area contributed by atoms with Gasteiger partial charge in [0.1, 0.15) is 0 Å². The van der Waals surface area contributed by atoms with Crippen molar-refractivity contribution >= 4 is 21.7 Å². The average molecular weight is 319 g/mol. The second kappa shape index (κ2) is 7.06. The molecule has 116 valence electrons. The molecule has 3 N–H and O–H groups in total. The number of sulfonamides is 1. The number of nitrogens with one attached hydrogen (secondary N) is 3. The van der Waals surface area contributed by atoms with Crippen LogP contribution in [0.5, 0.6) is 0 Å². The molecular formula is C15H17N3O3S. The predicted molar refractivity (Wildman–Crippen MR) is 85.0 cm³/mol. The maximum atomic E-state index is 11.9. The minimum atomic E-state index is -3.63. The van der Waals surface area contributed by atoms with Crippen LogP contribution in [0.2, 0.25) is 0 Å². The first kappa shape index (κ1) is 16.0. The highest BCUT2D eigenvalue weighted by molar-refractivity contribution is 7.89. The standard InChI is InChI=1S/C15H17N3O3S/c1-12-7-9-13(10-8-12)18-15(19)16-11-17-22(20,21)14-5-3-2-4-6-14/h2-10,17H,11H2,1H3,(H2,16,18,19). The zero-order valence-electron chi connectivity index (χ0n) is 12.0. The number of hydrogen-bond acceptors (Lipinski definition) is 3. The van der Waals surface area contributed by atoms with Gasteiger partial charge in [0.25, 0.3) is 0 Å². The topological polar surface area (TPSA) is 87.3 Å². The third-order valence-corrected chi connectivity index (χ3v) is 4.29. The molecule has 0 fully saturated rings. The minimum absolute atomic E-state index is 0.149. The number of aryl methyl sites for hydroxylation is 1. The summed E-state index contributed by atoms with van der Waals surface area (Å²) in [6.45, 7) is 1.75. The number of carbonyl (C=O) groups is 1. The summed E-state index contributed by atoms with van der Waals surface area (Å²) in [5.74, 6) is 0. The molecule has 0 saturated carbocycles. The molecule has 7 heteroatoms. The molecule has 0 saturated heterocycles. The number of amides is 2. The highest BCUT2D eigenvalue weighted by atomic mass is 32.2. The van der Waals surface area contributed by atoms with Crippen molar-refractivity contribution in [3.05, 3.63) is 60.2 Å². The minimum Gasteiger partial charge on any atom is -0.324 e. The number of hydrogen-bond donors (Lipinski definition) is 3. The Labute approximate surface area is 129 Å². The number of carbonyl (C=O) groups excluding carboxylic acids is 1. The molecule has 22 heavy (non-hydrogen) atoms. The fourth-order valence-corrected chi connectivity index (χ4v) is 2.65. The Bertz CT molecular complexity index is 728. The van der Waals surface area contributed by atoms with Gasteiger partial charge in [0.05, 0.1) is 11.6 Å². The molecule has 2 rings (SSSR count). The van der Waals surface area contributed by atoms with Crippen LogP contribution in [-0.4, -0.2) is 21.1 Å². The second-order valence-electron chi connectivity index (χ2n) is 4.63. The monoisotopic (exact) mass is 319 g/mol. The Balaban J connectivity index is 1.83. The lowest BCUT2D eigenvalue weighted by atomic mass is 10.2. The Morgan fingerprint density at radius 2 is 1.64 bits per heavy atom. The molecule has 0 radical (unpaired) electrons.